The number of hydrogen-bond donors (Lipinski definition) is 0. The Labute approximate surface area is 117 Å². The quantitative estimate of drug-likeness (QED) is 0.853. The smallest absolute Gasteiger partial charge is 0.167 e. The maximum absolute atomic E-state index is 13.8. The fourth-order valence-electron chi connectivity index (χ4n) is 1.85. The number of ether oxygens (including phenoxy) is 2. The van der Waals surface area contributed by atoms with Gasteiger partial charge < -0.3 is 9.47 Å². The lowest BCUT2D eigenvalue weighted by Gasteiger charge is -2.11. The number of nitrogens with zero attached hydrogens (tertiary/aromatic N) is 1. The van der Waals surface area contributed by atoms with Crippen molar-refractivity contribution in [3.63, 3.8) is 0 Å². The Balaban J connectivity index is 2.22. The Bertz CT molecular complexity index is 662. The van der Waals surface area contributed by atoms with Gasteiger partial charge in [0.05, 0.1) is 18.7 Å². The Morgan fingerprint density at radius 1 is 1.20 bits per heavy atom. The first-order chi connectivity index (χ1) is 9.65. The first kappa shape index (κ1) is 13.9. The SMILES string of the molecule is COc1ccc(C#N)cc1COc1cccc(C)c1F. The topological polar surface area (TPSA) is 42.2 Å². The Morgan fingerprint density at radius 2 is 2.00 bits per heavy atom. The summed E-state index contributed by atoms with van der Waals surface area (Å²) in [6, 6.07) is 12.1. The van der Waals surface area contributed by atoms with Gasteiger partial charge in [-0.05, 0) is 36.8 Å². The minimum absolute atomic E-state index is 0.138. The van der Waals surface area contributed by atoms with Crippen LogP contribution < -0.4 is 9.47 Å². The third-order valence-electron chi connectivity index (χ3n) is 2.95. The highest BCUT2D eigenvalue weighted by atomic mass is 19.1. The van der Waals surface area contributed by atoms with Crippen LogP contribution in [0.1, 0.15) is 16.7 Å². The van der Waals surface area contributed by atoms with Crippen molar-refractivity contribution in [3.05, 3.63) is 58.9 Å². The lowest BCUT2D eigenvalue weighted by Crippen LogP contribution is -2.01. The third-order valence-corrected chi connectivity index (χ3v) is 2.95. The second-order valence-corrected chi connectivity index (χ2v) is 4.31. The van der Waals surface area contributed by atoms with E-state index < -0.39 is 0 Å². The number of rotatable bonds is 4. The standard InChI is InChI=1S/C16H14FNO2/c1-11-4-3-5-15(16(11)17)20-10-13-8-12(9-18)6-7-14(13)19-2/h3-8H,10H2,1-2H3. The van der Waals surface area contributed by atoms with E-state index in [-0.39, 0.29) is 18.2 Å². The van der Waals surface area contributed by atoms with Crippen LogP contribution in [0.2, 0.25) is 0 Å². The summed E-state index contributed by atoms with van der Waals surface area (Å²) in [7, 11) is 1.54. The van der Waals surface area contributed by atoms with Crippen LogP contribution in [-0.2, 0) is 6.61 Å². The molecular formula is C16H14FNO2. The van der Waals surface area contributed by atoms with Crippen molar-refractivity contribution in [1.29, 1.82) is 5.26 Å². The van der Waals surface area contributed by atoms with E-state index in [1.165, 1.54) is 7.11 Å². The van der Waals surface area contributed by atoms with E-state index in [0.29, 0.717) is 22.4 Å². The number of nitriles is 1. The molecule has 0 aliphatic rings. The monoisotopic (exact) mass is 271 g/mol. The summed E-state index contributed by atoms with van der Waals surface area (Å²) in [6.45, 7) is 1.82. The van der Waals surface area contributed by atoms with Crippen molar-refractivity contribution >= 4 is 0 Å². The van der Waals surface area contributed by atoms with Crippen LogP contribution in [0.3, 0.4) is 0 Å². The summed E-state index contributed by atoms with van der Waals surface area (Å²) in [4.78, 5) is 0. The zero-order valence-electron chi connectivity index (χ0n) is 11.3. The normalized spacial score (nSPS) is 9.90. The van der Waals surface area contributed by atoms with Crippen molar-refractivity contribution in [3.8, 4) is 17.6 Å². The molecule has 0 aliphatic carbocycles. The van der Waals surface area contributed by atoms with E-state index in [0.717, 1.165) is 0 Å². The van der Waals surface area contributed by atoms with Gasteiger partial charge in [0.2, 0.25) is 0 Å². The largest absolute Gasteiger partial charge is 0.496 e. The summed E-state index contributed by atoms with van der Waals surface area (Å²) < 4.78 is 24.5. The molecular weight excluding hydrogens is 257 g/mol. The summed E-state index contributed by atoms with van der Waals surface area (Å²) in [5.74, 6) is 0.425. The van der Waals surface area contributed by atoms with E-state index >= 15 is 0 Å². The van der Waals surface area contributed by atoms with Gasteiger partial charge in [-0.15, -0.1) is 0 Å². The number of hydrogen-bond acceptors (Lipinski definition) is 3. The van der Waals surface area contributed by atoms with Crippen LogP contribution in [0.4, 0.5) is 4.39 Å². The van der Waals surface area contributed by atoms with Gasteiger partial charge in [0.25, 0.3) is 0 Å². The average Bonchev–Trinajstić information content (AvgIpc) is 2.48. The minimum Gasteiger partial charge on any atom is -0.496 e. The van der Waals surface area contributed by atoms with Gasteiger partial charge in [0.15, 0.2) is 11.6 Å². The molecule has 20 heavy (non-hydrogen) atoms. The Hall–Kier alpha value is -2.54. The predicted molar refractivity (Wildman–Crippen MR) is 73.2 cm³/mol. The van der Waals surface area contributed by atoms with Crippen LogP contribution in [0.15, 0.2) is 36.4 Å². The van der Waals surface area contributed by atoms with Crippen LogP contribution in [0.25, 0.3) is 0 Å². The molecule has 0 heterocycles. The molecule has 0 radical (unpaired) electrons. The molecule has 0 saturated carbocycles. The van der Waals surface area contributed by atoms with Gasteiger partial charge in [-0.2, -0.15) is 5.26 Å². The summed E-state index contributed by atoms with van der Waals surface area (Å²) >= 11 is 0. The summed E-state index contributed by atoms with van der Waals surface area (Å²) in [5, 5.41) is 8.90. The highest BCUT2D eigenvalue weighted by molar-refractivity contribution is 5.42. The van der Waals surface area contributed by atoms with Gasteiger partial charge in [-0.25, -0.2) is 4.39 Å². The van der Waals surface area contributed by atoms with E-state index in [1.807, 2.05) is 0 Å². The first-order valence-electron chi connectivity index (χ1n) is 6.10. The van der Waals surface area contributed by atoms with Crippen LogP contribution in [-0.4, -0.2) is 7.11 Å². The van der Waals surface area contributed by atoms with Crippen molar-refractivity contribution in [2.45, 2.75) is 13.5 Å². The molecule has 0 unspecified atom stereocenters. The van der Waals surface area contributed by atoms with Crippen molar-refractivity contribution in [1.82, 2.24) is 0 Å². The molecule has 0 aliphatic heterocycles. The van der Waals surface area contributed by atoms with Crippen molar-refractivity contribution in [2.75, 3.05) is 7.11 Å². The molecule has 0 amide bonds. The fraction of sp³-hybridized carbons (Fsp3) is 0.188. The van der Waals surface area contributed by atoms with Gasteiger partial charge in [0, 0.05) is 5.56 Å². The van der Waals surface area contributed by atoms with E-state index in [4.69, 9.17) is 14.7 Å². The molecule has 2 aromatic carbocycles. The first-order valence-corrected chi connectivity index (χ1v) is 6.10. The van der Waals surface area contributed by atoms with E-state index in [2.05, 4.69) is 6.07 Å². The van der Waals surface area contributed by atoms with Crippen LogP contribution >= 0.6 is 0 Å². The highest BCUT2D eigenvalue weighted by Gasteiger charge is 2.09. The second kappa shape index (κ2) is 6.07. The van der Waals surface area contributed by atoms with Gasteiger partial charge in [0.1, 0.15) is 12.4 Å². The predicted octanol–water partition coefficient (Wildman–Crippen LogP) is 3.59. The molecule has 0 bridgehead atoms. The van der Waals surface area contributed by atoms with Crippen molar-refractivity contribution < 1.29 is 13.9 Å². The van der Waals surface area contributed by atoms with Gasteiger partial charge >= 0.3 is 0 Å². The highest BCUT2D eigenvalue weighted by Crippen LogP contribution is 2.24. The third kappa shape index (κ3) is 2.89. The van der Waals surface area contributed by atoms with Crippen molar-refractivity contribution in [2.24, 2.45) is 0 Å². The molecule has 0 fully saturated rings. The second-order valence-electron chi connectivity index (χ2n) is 4.31. The number of methoxy groups -OCH3 is 1. The zero-order valence-corrected chi connectivity index (χ0v) is 11.3. The molecule has 3 nitrogen and oxygen atoms in total. The molecule has 0 atom stereocenters. The molecule has 102 valence electrons. The van der Waals surface area contributed by atoms with E-state index in [9.17, 15) is 4.39 Å². The maximum Gasteiger partial charge on any atom is 0.167 e. The van der Waals surface area contributed by atoms with Gasteiger partial charge in [-0.3, -0.25) is 0 Å². The molecule has 0 spiro atoms. The van der Waals surface area contributed by atoms with Crippen LogP contribution in [0.5, 0.6) is 11.5 Å². The molecule has 4 heteroatoms. The minimum atomic E-state index is -0.372. The summed E-state index contributed by atoms with van der Waals surface area (Å²) in [5.41, 5.74) is 1.74. The maximum atomic E-state index is 13.8. The lowest BCUT2D eigenvalue weighted by molar-refractivity contribution is 0.282. The average molecular weight is 271 g/mol. The summed E-state index contributed by atoms with van der Waals surface area (Å²) in [6.07, 6.45) is 0. The molecule has 0 saturated heterocycles. The Morgan fingerprint density at radius 3 is 2.70 bits per heavy atom. The number of aryl methyl sites for hydroxylation is 1. The van der Waals surface area contributed by atoms with E-state index in [1.54, 1.807) is 43.3 Å². The zero-order chi connectivity index (χ0) is 14.5. The van der Waals surface area contributed by atoms with Gasteiger partial charge in [-0.1, -0.05) is 12.1 Å². The molecule has 0 aromatic heterocycles. The lowest BCUT2D eigenvalue weighted by atomic mass is 10.1. The van der Waals surface area contributed by atoms with Crippen LogP contribution in [0, 0.1) is 24.1 Å². The fourth-order valence-corrected chi connectivity index (χ4v) is 1.85. The number of halogens is 1. The molecule has 2 aromatic rings. The number of benzene rings is 2. The Kier molecular flexibility index (Phi) is 4.21. The molecule has 0 N–H and O–H groups in total. The molecule has 2 rings (SSSR count).